The SMILES string of the molecule is Cc1ccc(Cl)c(NC(=O)C(Br)C(C)C)c1. The van der Waals surface area contributed by atoms with Gasteiger partial charge in [0.1, 0.15) is 0 Å². The maximum atomic E-state index is 11.8. The summed E-state index contributed by atoms with van der Waals surface area (Å²) < 4.78 is 0. The van der Waals surface area contributed by atoms with E-state index in [1.807, 2.05) is 32.9 Å². The molecule has 1 atom stereocenters. The van der Waals surface area contributed by atoms with E-state index in [9.17, 15) is 4.79 Å². The van der Waals surface area contributed by atoms with Crippen LogP contribution in [0.3, 0.4) is 0 Å². The fraction of sp³-hybridized carbons (Fsp3) is 0.417. The maximum Gasteiger partial charge on any atom is 0.238 e. The Kier molecular flexibility index (Phi) is 4.81. The molecule has 1 N–H and O–H groups in total. The zero-order chi connectivity index (χ0) is 12.3. The number of alkyl halides is 1. The van der Waals surface area contributed by atoms with Crippen LogP contribution in [-0.4, -0.2) is 10.7 Å². The third-order valence-electron chi connectivity index (χ3n) is 2.22. The van der Waals surface area contributed by atoms with Gasteiger partial charge < -0.3 is 5.32 Å². The van der Waals surface area contributed by atoms with E-state index in [0.717, 1.165) is 5.56 Å². The van der Waals surface area contributed by atoms with Crippen LogP contribution in [0.2, 0.25) is 5.02 Å². The molecule has 2 nitrogen and oxygen atoms in total. The van der Waals surface area contributed by atoms with Gasteiger partial charge in [-0.1, -0.05) is 47.4 Å². The molecule has 88 valence electrons. The summed E-state index contributed by atoms with van der Waals surface area (Å²) in [6.45, 7) is 5.92. The summed E-state index contributed by atoms with van der Waals surface area (Å²) in [5.74, 6) is 0.172. The van der Waals surface area contributed by atoms with E-state index in [0.29, 0.717) is 10.7 Å². The Labute approximate surface area is 110 Å². The molecule has 0 aliphatic carbocycles. The van der Waals surface area contributed by atoms with Crippen LogP contribution in [0, 0.1) is 12.8 Å². The summed E-state index contributed by atoms with van der Waals surface area (Å²) in [5.41, 5.74) is 1.73. The minimum atomic E-state index is -0.205. The summed E-state index contributed by atoms with van der Waals surface area (Å²) >= 11 is 9.35. The van der Waals surface area contributed by atoms with E-state index in [4.69, 9.17) is 11.6 Å². The standard InChI is InChI=1S/C12H15BrClNO/c1-7(2)11(13)12(16)15-10-6-8(3)4-5-9(10)14/h4-7,11H,1-3H3,(H,15,16). The lowest BCUT2D eigenvalue weighted by Gasteiger charge is -2.14. The number of benzene rings is 1. The van der Waals surface area contributed by atoms with Crippen molar-refractivity contribution in [2.24, 2.45) is 5.92 Å². The summed E-state index contributed by atoms with van der Waals surface area (Å²) in [6, 6.07) is 5.55. The number of carbonyl (C=O) groups excluding carboxylic acids is 1. The average molecular weight is 305 g/mol. The summed E-state index contributed by atoms with van der Waals surface area (Å²) in [4.78, 5) is 11.6. The summed E-state index contributed by atoms with van der Waals surface area (Å²) in [6.07, 6.45) is 0. The molecule has 0 radical (unpaired) electrons. The molecule has 1 aromatic carbocycles. The van der Waals surface area contributed by atoms with Gasteiger partial charge in [0.2, 0.25) is 5.91 Å². The quantitative estimate of drug-likeness (QED) is 0.840. The Balaban J connectivity index is 2.80. The smallest absolute Gasteiger partial charge is 0.238 e. The first-order chi connectivity index (χ1) is 7.41. The van der Waals surface area contributed by atoms with Gasteiger partial charge in [-0.25, -0.2) is 0 Å². The van der Waals surface area contributed by atoms with Gasteiger partial charge in [0, 0.05) is 0 Å². The Morgan fingerprint density at radius 1 is 1.44 bits per heavy atom. The molecule has 0 aromatic heterocycles. The normalized spacial score (nSPS) is 12.6. The average Bonchev–Trinajstić information content (AvgIpc) is 2.22. The Hall–Kier alpha value is -0.540. The molecule has 16 heavy (non-hydrogen) atoms. The molecule has 0 saturated carbocycles. The van der Waals surface area contributed by atoms with E-state index >= 15 is 0 Å². The number of anilines is 1. The largest absolute Gasteiger partial charge is 0.324 e. The van der Waals surface area contributed by atoms with Crippen molar-refractivity contribution in [2.45, 2.75) is 25.6 Å². The summed E-state index contributed by atoms with van der Waals surface area (Å²) in [5, 5.41) is 3.37. The van der Waals surface area contributed by atoms with Gasteiger partial charge in [0.05, 0.1) is 15.5 Å². The van der Waals surface area contributed by atoms with Crippen LogP contribution in [0.4, 0.5) is 5.69 Å². The lowest BCUT2D eigenvalue weighted by Crippen LogP contribution is -2.27. The maximum absolute atomic E-state index is 11.8. The molecule has 0 saturated heterocycles. The highest BCUT2D eigenvalue weighted by atomic mass is 79.9. The number of amides is 1. The molecule has 1 rings (SSSR count). The molecule has 0 aliphatic heterocycles. The van der Waals surface area contributed by atoms with E-state index in [2.05, 4.69) is 21.2 Å². The zero-order valence-electron chi connectivity index (χ0n) is 9.55. The second-order valence-electron chi connectivity index (χ2n) is 4.12. The van der Waals surface area contributed by atoms with Crippen molar-refractivity contribution in [2.75, 3.05) is 5.32 Å². The number of nitrogens with one attached hydrogen (secondary N) is 1. The molecule has 0 aliphatic rings. The predicted molar refractivity (Wildman–Crippen MR) is 72.4 cm³/mol. The van der Waals surface area contributed by atoms with Crippen molar-refractivity contribution in [3.05, 3.63) is 28.8 Å². The first-order valence-corrected chi connectivity index (χ1v) is 6.42. The van der Waals surface area contributed by atoms with Crippen LogP contribution in [0.5, 0.6) is 0 Å². The lowest BCUT2D eigenvalue weighted by atomic mass is 10.1. The first kappa shape index (κ1) is 13.5. The number of carbonyl (C=O) groups is 1. The molecule has 4 heteroatoms. The number of halogens is 2. The molecule has 0 fully saturated rings. The number of rotatable bonds is 3. The highest BCUT2D eigenvalue weighted by Gasteiger charge is 2.19. The first-order valence-electron chi connectivity index (χ1n) is 5.13. The van der Waals surface area contributed by atoms with Gasteiger partial charge in [0.15, 0.2) is 0 Å². The van der Waals surface area contributed by atoms with Crippen molar-refractivity contribution < 1.29 is 4.79 Å². The zero-order valence-corrected chi connectivity index (χ0v) is 11.9. The predicted octanol–water partition coefficient (Wildman–Crippen LogP) is 4.01. The molecular weight excluding hydrogens is 289 g/mol. The molecule has 0 bridgehead atoms. The van der Waals surface area contributed by atoms with E-state index < -0.39 is 0 Å². The third-order valence-corrected chi connectivity index (χ3v) is 4.02. The number of hydrogen-bond acceptors (Lipinski definition) is 1. The molecule has 0 heterocycles. The van der Waals surface area contributed by atoms with Gasteiger partial charge >= 0.3 is 0 Å². The van der Waals surface area contributed by atoms with Crippen molar-refractivity contribution in [1.29, 1.82) is 0 Å². The third kappa shape index (κ3) is 3.49. The van der Waals surface area contributed by atoms with Gasteiger partial charge in [0.25, 0.3) is 0 Å². The van der Waals surface area contributed by atoms with Crippen LogP contribution in [-0.2, 0) is 4.79 Å². The molecule has 1 amide bonds. The topological polar surface area (TPSA) is 29.1 Å². The van der Waals surface area contributed by atoms with Gasteiger partial charge in [-0.05, 0) is 30.5 Å². The van der Waals surface area contributed by atoms with Crippen molar-refractivity contribution >= 4 is 39.1 Å². The van der Waals surface area contributed by atoms with Crippen LogP contribution in [0.1, 0.15) is 19.4 Å². The van der Waals surface area contributed by atoms with E-state index in [1.54, 1.807) is 6.07 Å². The Morgan fingerprint density at radius 3 is 2.62 bits per heavy atom. The van der Waals surface area contributed by atoms with Gasteiger partial charge in [-0.15, -0.1) is 0 Å². The molecule has 1 unspecified atom stereocenters. The molecular formula is C12H15BrClNO. The van der Waals surface area contributed by atoms with Crippen LogP contribution in [0.25, 0.3) is 0 Å². The van der Waals surface area contributed by atoms with Crippen molar-refractivity contribution in [1.82, 2.24) is 0 Å². The van der Waals surface area contributed by atoms with E-state index in [-0.39, 0.29) is 16.7 Å². The fourth-order valence-electron chi connectivity index (χ4n) is 1.24. The minimum Gasteiger partial charge on any atom is -0.324 e. The van der Waals surface area contributed by atoms with Gasteiger partial charge in [-0.3, -0.25) is 4.79 Å². The van der Waals surface area contributed by atoms with Crippen LogP contribution >= 0.6 is 27.5 Å². The molecule has 1 aromatic rings. The Bertz CT molecular complexity index is 393. The minimum absolute atomic E-state index is 0.0671. The Morgan fingerprint density at radius 2 is 2.06 bits per heavy atom. The highest BCUT2D eigenvalue weighted by Crippen LogP contribution is 2.24. The van der Waals surface area contributed by atoms with Crippen molar-refractivity contribution in [3.8, 4) is 0 Å². The number of hydrogen-bond donors (Lipinski definition) is 1. The molecule has 0 spiro atoms. The highest BCUT2D eigenvalue weighted by molar-refractivity contribution is 9.10. The lowest BCUT2D eigenvalue weighted by molar-refractivity contribution is -0.116. The summed E-state index contributed by atoms with van der Waals surface area (Å²) in [7, 11) is 0. The second-order valence-corrected chi connectivity index (χ2v) is 5.51. The van der Waals surface area contributed by atoms with Crippen LogP contribution in [0.15, 0.2) is 18.2 Å². The van der Waals surface area contributed by atoms with Gasteiger partial charge in [-0.2, -0.15) is 0 Å². The van der Waals surface area contributed by atoms with Crippen LogP contribution < -0.4 is 5.32 Å². The monoisotopic (exact) mass is 303 g/mol. The second kappa shape index (κ2) is 5.69. The fourth-order valence-corrected chi connectivity index (χ4v) is 1.52. The van der Waals surface area contributed by atoms with Crippen molar-refractivity contribution in [3.63, 3.8) is 0 Å². The number of aryl methyl sites for hydroxylation is 1. The van der Waals surface area contributed by atoms with E-state index in [1.165, 1.54) is 0 Å².